The van der Waals surface area contributed by atoms with Crippen molar-refractivity contribution in [1.82, 2.24) is 4.72 Å². The highest BCUT2D eigenvalue weighted by atomic mass is 32.2. The fraction of sp³-hybridized carbons (Fsp3) is 0.533. The maximum absolute atomic E-state index is 12.1. The van der Waals surface area contributed by atoms with Crippen molar-refractivity contribution >= 4 is 16.0 Å². The van der Waals surface area contributed by atoms with Crippen molar-refractivity contribution in [3.05, 3.63) is 35.9 Å². The number of hydrogen-bond acceptors (Lipinski definition) is 3. The van der Waals surface area contributed by atoms with Crippen molar-refractivity contribution in [2.75, 3.05) is 12.3 Å². The smallest absolute Gasteiger partial charge is 0.310 e. The summed E-state index contributed by atoms with van der Waals surface area (Å²) in [5.41, 5.74) is -0.136. The summed E-state index contributed by atoms with van der Waals surface area (Å²) in [5, 5.41) is 9.15. The van der Waals surface area contributed by atoms with Crippen LogP contribution in [0.5, 0.6) is 0 Å². The summed E-state index contributed by atoms with van der Waals surface area (Å²) in [6.45, 7) is 5.01. The van der Waals surface area contributed by atoms with E-state index < -0.39 is 21.4 Å². The maximum atomic E-state index is 12.1. The van der Waals surface area contributed by atoms with Gasteiger partial charge in [-0.3, -0.25) is 4.79 Å². The molecule has 1 aromatic carbocycles. The normalized spacial score (nSPS) is 16.1. The first-order valence-corrected chi connectivity index (χ1v) is 8.61. The molecule has 6 heteroatoms. The van der Waals surface area contributed by atoms with Crippen LogP contribution in [0.3, 0.4) is 0 Å². The zero-order valence-electron chi connectivity index (χ0n) is 12.7. The summed E-state index contributed by atoms with van der Waals surface area (Å²) in [6, 6.07) is 9.37. The number of sulfonamides is 1. The first-order valence-electron chi connectivity index (χ1n) is 6.96. The van der Waals surface area contributed by atoms with Crippen LogP contribution in [0.15, 0.2) is 30.3 Å². The number of hydrogen-bond donors (Lipinski definition) is 2. The van der Waals surface area contributed by atoms with Gasteiger partial charge in [-0.05, 0) is 24.8 Å². The van der Waals surface area contributed by atoms with Crippen molar-refractivity contribution in [3.63, 3.8) is 0 Å². The highest BCUT2D eigenvalue weighted by molar-refractivity contribution is 7.89. The number of rotatable bonds is 8. The van der Waals surface area contributed by atoms with Crippen molar-refractivity contribution in [2.45, 2.75) is 33.1 Å². The van der Waals surface area contributed by atoms with Crippen LogP contribution in [-0.4, -0.2) is 31.8 Å². The van der Waals surface area contributed by atoms with Crippen LogP contribution in [0, 0.1) is 5.41 Å². The van der Waals surface area contributed by atoms with Gasteiger partial charge in [0.2, 0.25) is 10.0 Å². The molecule has 0 aromatic heterocycles. The maximum Gasteiger partial charge on any atom is 0.310 e. The molecular weight excluding hydrogens is 290 g/mol. The van der Waals surface area contributed by atoms with Crippen LogP contribution in [0.2, 0.25) is 0 Å². The average Bonchev–Trinajstić information content (AvgIpc) is 2.45. The topological polar surface area (TPSA) is 83.5 Å². The van der Waals surface area contributed by atoms with Gasteiger partial charge in [0.25, 0.3) is 0 Å². The standard InChI is InChI=1S/C15H23NO4S/c1-4-15(3,14(17)18)11-16-21(19,20)10-12(2)13-8-6-5-7-9-13/h5-9,12,16H,4,10-11H2,1-3H3,(H,17,18). The lowest BCUT2D eigenvalue weighted by atomic mass is 9.88. The van der Waals surface area contributed by atoms with Gasteiger partial charge in [-0.25, -0.2) is 13.1 Å². The molecule has 0 saturated carbocycles. The quantitative estimate of drug-likeness (QED) is 0.771. The van der Waals surface area contributed by atoms with Crippen LogP contribution in [0.1, 0.15) is 38.7 Å². The Hall–Kier alpha value is -1.40. The van der Waals surface area contributed by atoms with Crippen LogP contribution < -0.4 is 4.72 Å². The molecule has 1 rings (SSSR count). The Kier molecular flexibility index (Phi) is 5.92. The fourth-order valence-corrected chi connectivity index (χ4v) is 3.39. The number of carboxylic acid groups (broad SMARTS) is 1. The number of benzene rings is 1. The van der Waals surface area contributed by atoms with Gasteiger partial charge in [0.15, 0.2) is 0 Å². The van der Waals surface area contributed by atoms with Gasteiger partial charge in [-0.2, -0.15) is 0 Å². The summed E-state index contributed by atoms with van der Waals surface area (Å²) >= 11 is 0. The molecule has 5 nitrogen and oxygen atoms in total. The third-order valence-electron chi connectivity index (χ3n) is 3.82. The van der Waals surface area contributed by atoms with Gasteiger partial charge in [-0.1, -0.05) is 44.2 Å². The second-order valence-corrected chi connectivity index (χ2v) is 7.49. The first-order chi connectivity index (χ1) is 9.70. The molecule has 0 spiro atoms. The van der Waals surface area contributed by atoms with E-state index in [1.54, 1.807) is 13.8 Å². The van der Waals surface area contributed by atoms with Gasteiger partial charge < -0.3 is 5.11 Å². The zero-order chi connectivity index (χ0) is 16.1. The van der Waals surface area contributed by atoms with Crippen molar-refractivity contribution < 1.29 is 18.3 Å². The molecule has 0 heterocycles. The molecule has 2 atom stereocenters. The number of carboxylic acids is 1. The minimum Gasteiger partial charge on any atom is -0.481 e. The Balaban J connectivity index is 2.68. The Labute approximate surface area is 126 Å². The molecule has 0 aliphatic heterocycles. The molecule has 0 bridgehead atoms. The lowest BCUT2D eigenvalue weighted by Crippen LogP contribution is -2.41. The van der Waals surface area contributed by atoms with E-state index in [0.29, 0.717) is 6.42 Å². The minimum absolute atomic E-state index is 0.0591. The van der Waals surface area contributed by atoms with E-state index in [-0.39, 0.29) is 18.2 Å². The predicted molar refractivity (Wildman–Crippen MR) is 82.7 cm³/mol. The molecule has 2 unspecified atom stereocenters. The second kappa shape index (κ2) is 7.04. The molecule has 21 heavy (non-hydrogen) atoms. The minimum atomic E-state index is -3.52. The van der Waals surface area contributed by atoms with E-state index in [4.69, 9.17) is 5.11 Å². The summed E-state index contributed by atoms with van der Waals surface area (Å²) < 4.78 is 26.6. The van der Waals surface area contributed by atoms with E-state index >= 15 is 0 Å². The molecule has 0 amide bonds. The predicted octanol–water partition coefficient (Wildman–Crippen LogP) is 2.21. The second-order valence-electron chi connectivity index (χ2n) is 5.63. The van der Waals surface area contributed by atoms with Crippen LogP contribution in [0.25, 0.3) is 0 Å². The summed E-state index contributed by atoms with van der Waals surface area (Å²) in [6.07, 6.45) is 0.360. The highest BCUT2D eigenvalue weighted by Crippen LogP contribution is 2.21. The van der Waals surface area contributed by atoms with Gasteiger partial charge in [0.1, 0.15) is 0 Å². The molecule has 0 saturated heterocycles. The van der Waals surface area contributed by atoms with E-state index in [1.807, 2.05) is 37.3 Å². The molecule has 1 aromatic rings. The third kappa shape index (κ3) is 5.13. The number of nitrogens with one attached hydrogen (secondary N) is 1. The van der Waals surface area contributed by atoms with Crippen LogP contribution in [0.4, 0.5) is 0 Å². The monoisotopic (exact) mass is 313 g/mol. The lowest BCUT2D eigenvalue weighted by molar-refractivity contribution is -0.147. The lowest BCUT2D eigenvalue weighted by Gasteiger charge is -2.23. The first kappa shape index (κ1) is 17.7. The molecule has 0 aliphatic rings. The van der Waals surface area contributed by atoms with Crippen molar-refractivity contribution in [2.24, 2.45) is 5.41 Å². The average molecular weight is 313 g/mol. The highest BCUT2D eigenvalue weighted by Gasteiger charge is 2.32. The van der Waals surface area contributed by atoms with Gasteiger partial charge in [0, 0.05) is 6.54 Å². The van der Waals surface area contributed by atoms with E-state index in [2.05, 4.69) is 4.72 Å². The van der Waals surface area contributed by atoms with Crippen LogP contribution >= 0.6 is 0 Å². The Morgan fingerprint density at radius 3 is 2.38 bits per heavy atom. The summed E-state index contributed by atoms with van der Waals surface area (Å²) in [7, 11) is -3.52. The number of aliphatic carboxylic acids is 1. The van der Waals surface area contributed by atoms with Crippen LogP contribution in [-0.2, 0) is 14.8 Å². The largest absolute Gasteiger partial charge is 0.481 e. The Morgan fingerprint density at radius 1 is 1.33 bits per heavy atom. The molecular formula is C15H23NO4S. The SMILES string of the molecule is CCC(C)(CNS(=O)(=O)CC(C)c1ccccc1)C(=O)O. The van der Waals surface area contributed by atoms with Crippen molar-refractivity contribution in [1.29, 1.82) is 0 Å². The molecule has 0 aliphatic carbocycles. The van der Waals surface area contributed by atoms with E-state index in [0.717, 1.165) is 5.56 Å². The molecule has 0 radical (unpaired) electrons. The fourth-order valence-electron chi connectivity index (χ4n) is 1.89. The molecule has 2 N–H and O–H groups in total. The zero-order valence-corrected chi connectivity index (χ0v) is 13.5. The summed E-state index contributed by atoms with van der Waals surface area (Å²) in [5.74, 6) is -1.21. The Morgan fingerprint density at radius 2 is 1.90 bits per heavy atom. The van der Waals surface area contributed by atoms with Gasteiger partial charge >= 0.3 is 5.97 Å². The summed E-state index contributed by atoms with van der Waals surface area (Å²) in [4.78, 5) is 11.2. The van der Waals surface area contributed by atoms with Crippen molar-refractivity contribution in [3.8, 4) is 0 Å². The molecule has 0 fully saturated rings. The number of carbonyl (C=O) groups is 1. The Bertz CT molecular complexity index is 571. The van der Waals surface area contributed by atoms with Gasteiger partial charge in [-0.15, -0.1) is 0 Å². The third-order valence-corrected chi connectivity index (χ3v) is 5.34. The molecule has 118 valence electrons. The van der Waals surface area contributed by atoms with E-state index in [1.165, 1.54) is 0 Å². The van der Waals surface area contributed by atoms with Gasteiger partial charge in [0.05, 0.1) is 11.2 Å². The van der Waals surface area contributed by atoms with E-state index in [9.17, 15) is 13.2 Å².